The molecule has 2 unspecified atom stereocenters. The van der Waals surface area contributed by atoms with Gasteiger partial charge in [0.15, 0.2) is 0 Å². The summed E-state index contributed by atoms with van der Waals surface area (Å²) in [5.74, 6) is -2.78. The van der Waals surface area contributed by atoms with Crippen molar-refractivity contribution < 1.29 is 28.6 Å². The Kier molecular flexibility index (Phi) is 7.22. The maximum atomic E-state index is 13.2. The van der Waals surface area contributed by atoms with E-state index in [9.17, 15) is 14.4 Å². The number of dihydropyridines is 1. The lowest BCUT2D eigenvalue weighted by Gasteiger charge is -2.34. The van der Waals surface area contributed by atoms with Crippen LogP contribution in [0.4, 0.5) is 0 Å². The van der Waals surface area contributed by atoms with Gasteiger partial charge in [-0.15, -0.1) is 10.2 Å². The number of allylic oxidation sites excluding steroid dienone is 1. The van der Waals surface area contributed by atoms with Gasteiger partial charge in [0.05, 0.1) is 36.5 Å². The smallest absolute Gasteiger partial charge is 0.336 e. The average molecular weight is 460 g/mol. The predicted octanol–water partition coefficient (Wildman–Crippen LogP) is 3.18. The summed E-state index contributed by atoms with van der Waals surface area (Å²) in [6, 6.07) is 6.86. The van der Waals surface area contributed by atoms with Gasteiger partial charge >= 0.3 is 11.9 Å². The van der Waals surface area contributed by atoms with Crippen molar-refractivity contribution in [2.45, 2.75) is 25.9 Å². The molecule has 0 saturated heterocycles. The first-order chi connectivity index (χ1) is 15.3. The van der Waals surface area contributed by atoms with E-state index in [0.29, 0.717) is 16.3 Å². The summed E-state index contributed by atoms with van der Waals surface area (Å²) < 4.78 is 15.9. The molecule has 1 N–H and O–H groups in total. The van der Waals surface area contributed by atoms with Gasteiger partial charge in [0.25, 0.3) is 5.91 Å². The van der Waals surface area contributed by atoms with E-state index in [-0.39, 0.29) is 29.1 Å². The monoisotopic (exact) mass is 459 g/mol. The van der Waals surface area contributed by atoms with Crippen molar-refractivity contribution in [1.29, 1.82) is 0 Å². The third-order valence-electron chi connectivity index (χ3n) is 5.01. The molecule has 2 aliphatic heterocycles. The third kappa shape index (κ3) is 4.35. The standard InChI is InChI=1S/C22H22ClN3O6/c1-5-32-22(29)18-17(12-8-6-7-9-13(12)23)16(21(28)31-4)11(2)24-19(18)20(30-3)14-10-15(27)26-25-14/h6-10,17,20,24H,5H2,1-4H3. The van der Waals surface area contributed by atoms with Crippen LogP contribution in [0.5, 0.6) is 0 Å². The Balaban J connectivity index is 2.32. The van der Waals surface area contributed by atoms with Gasteiger partial charge in [0.1, 0.15) is 11.8 Å². The van der Waals surface area contributed by atoms with E-state index < -0.39 is 29.9 Å². The fourth-order valence-corrected chi connectivity index (χ4v) is 3.95. The molecule has 1 aromatic carbocycles. The number of amides is 1. The van der Waals surface area contributed by atoms with Gasteiger partial charge in [0, 0.05) is 23.9 Å². The lowest BCUT2D eigenvalue weighted by molar-refractivity contribution is -0.139. The van der Waals surface area contributed by atoms with Crippen molar-refractivity contribution in [1.82, 2.24) is 5.32 Å². The van der Waals surface area contributed by atoms with Crippen molar-refractivity contribution in [3.05, 3.63) is 69.2 Å². The maximum Gasteiger partial charge on any atom is 0.336 e. The number of azo groups is 1. The molecule has 32 heavy (non-hydrogen) atoms. The summed E-state index contributed by atoms with van der Waals surface area (Å²) in [6.07, 6.45) is 0.258. The van der Waals surface area contributed by atoms with E-state index >= 15 is 0 Å². The Morgan fingerprint density at radius 1 is 1.16 bits per heavy atom. The second-order valence-electron chi connectivity index (χ2n) is 6.88. The Labute approximate surface area is 189 Å². The highest BCUT2D eigenvalue weighted by atomic mass is 35.5. The number of nitrogens with zero attached hydrogens (tertiary/aromatic N) is 2. The second kappa shape index (κ2) is 9.88. The number of benzene rings is 1. The highest BCUT2D eigenvalue weighted by molar-refractivity contribution is 6.31. The van der Waals surface area contributed by atoms with Crippen molar-refractivity contribution in [3.8, 4) is 0 Å². The van der Waals surface area contributed by atoms with E-state index in [0.717, 1.165) is 0 Å². The molecule has 3 rings (SSSR count). The number of esters is 2. The fourth-order valence-electron chi connectivity index (χ4n) is 3.70. The number of halogens is 1. The van der Waals surface area contributed by atoms with Crippen LogP contribution in [-0.4, -0.2) is 44.8 Å². The summed E-state index contributed by atoms with van der Waals surface area (Å²) in [7, 11) is 2.66. The number of hydrogen-bond acceptors (Lipinski definition) is 8. The first-order valence-corrected chi connectivity index (χ1v) is 10.1. The number of carbonyl (C=O) groups excluding carboxylic acids is 3. The van der Waals surface area contributed by atoms with Crippen LogP contribution in [0, 0.1) is 0 Å². The van der Waals surface area contributed by atoms with E-state index in [1.165, 1.54) is 20.3 Å². The molecular weight excluding hydrogens is 438 g/mol. The Hall–Kier alpha value is -3.30. The Morgan fingerprint density at radius 3 is 2.44 bits per heavy atom. The molecule has 0 fully saturated rings. The predicted molar refractivity (Wildman–Crippen MR) is 114 cm³/mol. The molecule has 2 heterocycles. The molecule has 2 atom stereocenters. The summed E-state index contributed by atoms with van der Waals surface area (Å²) in [4.78, 5) is 37.7. The summed E-state index contributed by atoms with van der Waals surface area (Å²) in [5, 5.41) is 10.8. The average Bonchev–Trinajstić information content (AvgIpc) is 3.19. The fraction of sp³-hybridized carbons (Fsp3) is 0.318. The Morgan fingerprint density at radius 2 is 1.88 bits per heavy atom. The number of hydrogen-bond donors (Lipinski definition) is 1. The molecule has 1 amide bonds. The van der Waals surface area contributed by atoms with Crippen molar-refractivity contribution >= 4 is 29.4 Å². The molecule has 0 bridgehead atoms. The highest BCUT2D eigenvalue weighted by Gasteiger charge is 2.42. The first kappa shape index (κ1) is 23.4. The van der Waals surface area contributed by atoms with Gasteiger partial charge in [-0.1, -0.05) is 29.8 Å². The third-order valence-corrected chi connectivity index (χ3v) is 5.36. The molecule has 0 radical (unpaired) electrons. The highest BCUT2D eigenvalue weighted by Crippen LogP contribution is 2.43. The number of nitrogens with one attached hydrogen (secondary N) is 1. The topological polar surface area (TPSA) is 116 Å². The first-order valence-electron chi connectivity index (χ1n) is 9.75. The molecule has 0 spiro atoms. The summed E-state index contributed by atoms with van der Waals surface area (Å²) in [5.41, 5.74) is 1.68. The second-order valence-corrected chi connectivity index (χ2v) is 7.29. The van der Waals surface area contributed by atoms with Gasteiger partial charge in [-0.3, -0.25) is 4.79 Å². The normalized spacial score (nSPS) is 19.0. The minimum atomic E-state index is -0.955. The van der Waals surface area contributed by atoms with Crippen LogP contribution in [0.1, 0.15) is 25.3 Å². The number of ether oxygens (including phenoxy) is 3. The van der Waals surface area contributed by atoms with E-state index in [1.807, 2.05) is 0 Å². The van der Waals surface area contributed by atoms with Gasteiger partial charge in [0.2, 0.25) is 0 Å². The van der Waals surface area contributed by atoms with E-state index in [4.69, 9.17) is 25.8 Å². The molecule has 0 aromatic heterocycles. The molecule has 1 aromatic rings. The summed E-state index contributed by atoms with van der Waals surface area (Å²) in [6.45, 7) is 3.43. The van der Waals surface area contributed by atoms with E-state index in [2.05, 4.69) is 15.5 Å². The molecule has 2 aliphatic rings. The lowest BCUT2D eigenvalue weighted by Crippen LogP contribution is -2.38. The van der Waals surface area contributed by atoms with Crippen LogP contribution < -0.4 is 5.32 Å². The van der Waals surface area contributed by atoms with Crippen LogP contribution in [-0.2, 0) is 28.6 Å². The van der Waals surface area contributed by atoms with Crippen LogP contribution >= 0.6 is 11.6 Å². The van der Waals surface area contributed by atoms with Gasteiger partial charge < -0.3 is 19.5 Å². The zero-order valence-corrected chi connectivity index (χ0v) is 18.7. The molecule has 168 valence electrons. The number of carbonyl (C=O) groups is 3. The summed E-state index contributed by atoms with van der Waals surface area (Å²) >= 11 is 6.48. The largest absolute Gasteiger partial charge is 0.466 e. The van der Waals surface area contributed by atoms with Crippen LogP contribution in [0.25, 0.3) is 0 Å². The van der Waals surface area contributed by atoms with Crippen molar-refractivity contribution in [2.24, 2.45) is 10.2 Å². The van der Waals surface area contributed by atoms with E-state index in [1.54, 1.807) is 38.1 Å². The lowest BCUT2D eigenvalue weighted by atomic mass is 9.79. The Bertz CT molecular complexity index is 1090. The van der Waals surface area contributed by atoms with Crippen molar-refractivity contribution in [2.75, 3.05) is 20.8 Å². The molecule has 0 aliphatic carbocycles. The van der Waals surface area contributed by atoms with Crippen LogP contribution in [0.2, 0.25) is 5.02 Å². The van der Waals surface area contributed by atoms with Crippen molar-refractivity contribution in [3.63, 3.8) is 0 Å². The van der Waals surface area contributed by atoms with Gasteiger partial charge in [-0.25, -0.2) is 9.59 Å². The zero-order valence-electron chi connectivity index (χ0n) is 18.0. The zero-order chi connectivity index (χ0) is 23.4. The number of methoxy groups -OCH3 is 2. The molecule has 0 saturated carbocycles. The minimum absolute atomic E-state index is 0.0910. The van der Waals surface area contributed by atoms with Crippen LogP contribution in [0.3, 0.4) is 0 Å². The molecular formula is C22H22ClN3O6. The maximum absolute atomic E-state index is 13.2. The minimum Gasteiger partial charge on any atom is -0.466 e. The van der Waals surface area contributed by atoms with Gasteiger partial charge in [-0.2, -0.15) is 0 Å². The molecule has 9 nitrogen and oxygen atoms in total. The van der Waals surface area contributed by atoms with Crippen LogP contribution in [0.15, 0.2) is 68.8 Å². The number of rotatable bonds is 7. The van der Waals surface area contributed by atoms with Gasteiger partial charge in [-0.05, 0) is 25.5 Å². The molecule has 10 heteroatoms. The quantitative estimate of drug-likeness (QED) is 0.622. The SMILES string of the molecule is CCOC(=O)C1=C(C(OC)C2=CC(=O)N=N2)NC(C)=C(C(=O)OC)C1c1ccccc1Cl.